The molecule has 1 fully saturated rings. The molecule has 6 nitrogen and oxygen atoms in total. The number of hydrogen-bond acceptors (Lipinski definition) is 4. The van der Waals surface area contributed by atoms with Crippen LogP contribution in [0, 0.1) is 5.92 Å². The number of rotatable bonds is 12. The van der Waals surface area contributed by atoms with Crippen molar-refractivity contribution in [2.45, 2.75) is 71.0 Å². The lowest BCUT2D eigenvalue weighted by atomic mass is 9.93. The average molecular weight is 354 g/mol. The number of aliphatic carboxylic acids is 1. The maximum atomic E-state index is 11.7. The summed E-state index contributed by atoms with van der Waals surface area (Å²) in [6.07, 6.45) is 6.84. The van der Waals surface area contributed by atoms with Gasteiger partial charge in [0.25, 0.3) is 0 Å². The van der Waals surface area contributed by atoms with Crippen LogP contribution < -0.4 is 10.6 Å². The Morgan fingerprint density at radius 3 is 2.36 bits per heavy atom. The van der Waals surface area contributed by atoms with Gasteiger partial charge in [0.1, 0.15) is 6.04 Å². The summed E-state index contributed by atoms with van der Waals surface area (Å²) < 4.78 is 0. The summed E-state index contributed by atoms with van der Waals surface area (Å²) in [7, 11) is 0. The van der Waals surface area contributed by atoms with Crippen LogP contribution in [0.15, 0.2) is 12.7 Å². The van der Waals surface area contributed by atoms with E-state index >= 15 is 0 Å². The second kappa shape index (κ2) is 11.3. The van der Waals surface area contributed by atoms with E-state index in [0.717, 1.165) is 45.3 Å². The zero-order chi connectivity index (χ0) is 18.8. The first-order valence-corrected chi connectivity index (χ1v) is 9.53. The van der Waals surface area contributed by atoms with Crippen molar-refractivity contribution < 1.29 is 14.7 Å². The van der Waals surface area contributed by atoms with Gasteiger partial charge in [-0.2, -0.15) is 0 Å². The molecule has 0 aliphatic carbocycles. The molecule has 0 radical (unpaired) electrons. The van der Waals surface area contributed by atoms with Crippen LogP contribution in [0.3, 0.4) is 0 Å². The van der Waals surface area contributed by atoms with Crippen molar-refractivity contribution in [1.29, 1.82) is 0 Å². The van der Waals surface area contributed by atoms with E-state index in [9.17, 15) is 14.7 Å². The molecule has 1 aliphatic rings. The van der Waals surface area contributed by atoms with Crippen molar-refractivity contribution >= 4 is 11.9 Å². The van der Waals surface area contributed by atoms with Gasteiger partial charge in [-0.1, -0.05) is 32.8 Å². The van der Waals surface area contributed by atoms with Gasteiger partial charge in [-0.25, -0.2) is 0 Å². The Morgan fingerprint density at radius 1 is 1.32 bits per heavy atom. The molecule has 0 aromatic carbocycles. The fourth-order valence-electron chi connectivity index (χ4n) is 3.52. The number of nitrogens with one attached hydrogen (secondary N) is 2. The number of carbonyl (C=O) groups is 2. The Balaban J connectivity index is 2.87. The fourth-order valence-corrected chi connectivity index (χ4v) is 3.52. The van der Waals surface area contributed by atoms with Crippen molar-refractivity contribution in [3.63, 3.8) is 0 Å². The molecule has 6 heteroatoms. The maximum Gasteiger partial charge on any atom is 0.320 e. The molecular weight excluding hydrogens is 318 g/mol. The van der Waals surface area contributed by atoms with Crippen LogP contribution in [-0.4, -0.2) is 59.6 Å². The van der Waals surface area contributed by atoms with Gasteiger partial charge in [0, 0.05) is 19.5 Å². The number of carboxylic acid groups (broad SMARTS) is 1. The van der Waals surface area contributed by atoms with Gasteiger partial charge in [-0.3, -0.25) is 14.9 Å². The van der Waals surface area contributed by atoms with Crippen molar-refractivity contribution in [2.75, 3.05) is 19.6 Å². The molecule has 25 heavy (non-hydrogen) atoms. The SMILES string of the molecule is C=C[C@@H]1C[C@H](C(=O)O)NC1[C@H](CN(CCCC)CCCC)NC(C)=O. The van der Waals surface area contributed by atoms with Gasteiger partial charge < -0.3 is 15.3 Å². The summed E-state index contributed by atoms with van der Waals surface area (Å²) in [5.74, 6) is -0.888. The molecule has 1 rings (SSSR count). The quantitative estimate of drug-likeness (QED) is 0.468. The number of carboxylic acids is 1. The lowest BCUT2D eigenvalue weighted by molar-refractivity contribution is -0.139. The normalized spacial score (nSPS) is 24.2. The standard InChI is InChI=1S/C19H35N3O3/c1-5-8-10-22(11-9-6-2)13-17(20-14(4)23)18-15(7-3)12-16(21-18)19(24)25/h7,15-18,21H,3,5-6,8-13H2,1-2,4H3,(H,20,23)(H,24,25)/t15-,16-,17+,18?/m1/s1. The van der Waals surface area contributed by atoms with Crippen LogP contribution in [-0.2, 0) is 9.59 Å². The molecular formula is C19H35N3O3. The van der Waals surface area contributed by atoms with Gasteiger partial charge in [-0.05, 0) is 38.3 Å². The van der Waals surface area contributed by atoms with E-state index in [0.29, 0.717) is 6.42 Å². The van der Waals surface area contributed by atoms with Crippen LogP contribution in [0.4, 0.5) is 0 Å². The van der Waals surface area contributed by atoms with Crippen LogP contribution in [0.2, 0.25) is 0 Å². The third-order valence-corrected chi connectivity index (χ3v) is 4.90. The number of carbonyl (C=O) groups excluding carboxylic acids is 1. The topological polar surface area (TPSA) is 81.7 Å². The third-order valence-electron chi connectivity index (χ3n) is 4.90. The number of hydrogen-bond donors (Lipinski definition) is 3. The fraction of sp³-hybridized carbons (Fsp3) is 0.789. The minimum absolute atomic E-state index is 0.0390. The number of unbranched alkanes of at least 4 members (excludes halogenated alkanes) is 2. The van der Waals surface area contributed by atoms with Crippen LogP contribution in [0.1, 0.15) is 52.9 Å². The lowest BCUT2D eigenvalue weighted by Crippen LogP contribution is -2.56. The zero-order valence-electron chi connectivity index (χ0n) is 16.0. The highest BCUT2D eigenvalue weighted by molar-refractivity contribution is 5.75. The second-order valence-electron chi connectivity index (χ2n) is 7.03. The summed E-state index contributed by atoms with van der Waals surface area (Å²) in [5.41, 5.74) is 0. The first-order valence-electron chi connectivity index (χ1n) is 9.53. The van der Waals surface area contributed by atoms with E-state index in [1.165, 1.54) is 6.92 Å². The second-order valence-corrected chi connectivity index (χ2v) is 7.03. The molecule has 0 aromatic heterocycles. The molecule has 1 unspecified atom stereocenters. The largest absolute Gasteiger partial charge is 0.480 e. The molecule has 0 aromatic rings. The minimum Gasteiger partial charge on any atom is -0.480 e. The predicted octanol–water partition coefficient (Wildman–Crippen LogP) is 2.01. The van der Waals surface area contributed by atoms with Gasteiger partial charge in [0.2, 0.25) is 5.91 Å². The first kappa shape index (κ1) is 21.6. The van der Waals surface area contributed by atoms with Crippen molar-refractivity contribution in [1.82, 2.24) is 15.5 Å². The summed E-state index contributed by atoms with van der Waals surface area (Å²) in [5, 5.41) is 15.6. The van der Waals surface area contributed by atoms with Crippen LogP contribution >= 0.6 is 0 Å². The number of amides is 1. The molecule has 1 amide bonds. The Hall–Kier alpha value is -1.40. The van der Waals surface area contributed by atoms with Gasteiger partial charge in [-0.15, -0.1) is 6.58 Å². The third kappa shape index (κ3) is 7.16. The molecule has 144 valence electrons. The molecule has 1 saturated heterocycles. The molecule has 3 N–H and O–H groups in total. The van der Waals surface area contributed by atoms with Crippen molar-refractivity contribution in [3.05, 3.63) is 12.7 Å². The summed E-state index contributed by atoms with van der Waals surface area (Å²) in [4.78, 5) is 25.5. The van der Waals surface area contributed by atoms with E-state index in [2.05, 4.69) is 36.0 Å². The number of nitrogens with zero attached hydrogens (tertiary/aromatic N) is 1. The Morgan fingerprint density at radius 2 is 1.92 bits per heavy atom. The zero-order valence-corrected chi connectivity index (χ0v) is 16.0. The van der Waals surface area contributed by atoms with Gasteiger partial charge in [0.15, 0.2) is 0 Å². The summed E-state index contributed by atoms with van der Waals surface area (Å²) in [6.45, 7) is 12.5. The highest BCUT2D eigenvalue weighted by atomic mass is 16.4. The molecule has 4 atom stereocenters. The predicted molar refractivity (Wildman–Crippen MR) is 101 cm³/mol. The van der Waals surface area contributed by atoms with E-state index in [1.807, 2.05) is 6.08 Å². The van der Waals surface area contributed by atoms with E-state index in [1.54, 1.807) is 0 Å². The first-order chi connectivity index (χ1) is 11.9. The van der Waals surface area contributed by atoms with E-state index in [4.69, 9.17) is 0 Å². The van der Waals surface area contributed by atoms with Gasteiger partial charge in [0.05, 0.1) is 6.04 Å². The summed E-state index contributed by atoms with van der Waals surface area (Å²) in [6, 6.07) is -0.809. The van der Waals surface area contributed by atoms with Crippen LogP contribution in [0.25, 0.3) is 0 Å². The highest BCUT2D eigenvalue weighted by Gasteiger charge is 2.40. The average Bonchev–Trinajstić information content (AvgIpc) is 3.00. The lowest BCUT2D eigenvalue weighted by Gasteiger charge is -2.33. The minimum atomic E-state index is -0.843. The van der Waals surface area contributed by atoms with E-state index in [-0.39, 0.29) is 23.9 Å². The molecule has 0 spiro atoms. The molecule has 0 saturated carbocycles. The highest BCUT2D eigenvalue weighted by Crippen LogP contribution is 2.25. The molecule has 1 heterocycles. The Bertz CT molecular complexity index is 434. The van der Waals surface area contributed by atoms with E-state index < -0.39 is 12.0 Å². The maximum absolute atomic E-state index is 11.7. The molecule has 1 aliphatic heterocycles. The smallest absolute Gasteiger partial charge is 0.320 e. The monoisotopic (exact) mass is 353 g/mol. The Labute approximate surface area is 152 Å². The Kier molecular flexibility index (Phi) is 9.75. The van der Waals surface area contributed by atoms with Crippen molar-refractivity contribution in [3.8, 4) is 0 Å². The van der Waals surface area contributed by atoms with Crippen LogP contribution in [0.5, 0.6) is 0 Å². The van der Waals surface area contributed by atoms with Gasteiger partial charge >= 0.3 is 5.97 Å². The van der Waals surface area contributed by atoms with Crippen molar-refractivity contribution in [2.24, 2.45) is 5.92 Å². The summed E-state index contributed by atoms with van der Waals surface area (Å²) >= 11 is 0. The molecule has 0 bridgehead atoms.